The zero-order valence-corrected chi connectivity index (χ0v) is 18.9. The van der Waals surface area contributed by atoms with Crippen LogP contribution in [0.2, 0.25) is 5.15 Å². The van der Waals surface area contributed by atoms with Gasteiger partial charge in [-0.3, -0.25) is 0 Å². The lowest BCUT2D eigenvalue weighted by molar-refractivity contribution is 0.317. The van der Waals surface area contributed by atoms with Crippen molar-refractivity contribution >= 4 is 46.2 Å². The fourth-order valence-electron chi connectivity index (χ4n) is 4.35. The minimum Gasteiger partial charge on any atom is -0.513 e. The molecule has 2 heterocycles. The van der Waals surface area contributed by atoms with Crippen LogP contribution in [-0.4, -0.2) is 43.6 Å². The quantitative estimate of drug-likeness (QED) is 0.216. The van der Waals surface area contributed by atoms with Gasteiger partial charge in [-0.05, 0) is 22.0 Å². The monoisotopic (exact) mass is 455 g/mol. The molecule has 3 aromatic carbocycles. The fourth-order valence-corrected chi connectivity index (χ4v) is 4.53. The van der Waals surface area contributed by atoms with Crippen LogP contribution in [0, 0.1) is 0 Å². The first-order valence-corrected chi connectivity index (χ1v) is 11.0. The molecule has 0 aliphatic carbocycles. The summed E-state index contributed by atoms with van der Waals surface area (Å²) < 4.78 is 7.41. The van der Waals surface area contributed by atoms with E-state index in [9.17, 15) is 0 Å². The molecule has 0 saturated carbocycles. The zero-order chi connectivity index (χ0) is 23.8. The summed E-state index contributed by atoms with van der Waals surface area (Å²) >= 11 is 6.34. The van der Waals surface area contributed by atoms with Crippen LogP contribution in [0.5, 0.6) is 5.75 Å². The Hall–Kier alpha value is -3.44. The van der Waals surface area contributed by atoms with Crippen molar-refractivity contribution in [1.29, 1.82) is 0 Å². The van der Waals surface area contributed by atoms with Gasteiger partial charge in [0.25, 0.3) is 0 Å². The van der Waals surface area contributed by atoms with E-state index in [4.69, 9.17) is 45.0 Å². The van der Waals surface area contributed by atoms with Gasteiger partial charge in [0.15, 0.2) is 10.9 Å². The van der Waals surface area contributed by atoms with Crippen molar-refractivity contribution in [2.75, 3.05) is 0 Å². The van der Waals surface area contributed by atoms with Crippen LogP contribution in [0.25, 0.3) is 11.0 Å². The lowest BCUT2D eigenvalue weighted by atomic mass is 9.52. The highest BCUT2D eigenvalue weighted by Crippen LogP contribution is 2.42. The van der Waals surface area contributed by atoms with Gasteiger partial charge < -0.3 is 4.74 Å². The predicted molar refractivity (Wildman–Crippen MR) is 138 cm³/mol. The summed E-state index contributed by atoms with van der Waals surface area (Å²) in [4.78, 5) is 4.47. The van der Waals surface area contributed by atoms with E-state index < -0.39 is 10.8 Å². The van der Waals surface area contributed by atoms with E-state index >= 15 is 0 Å². The van der Waals surface area contributed by atoms with Gasteiger partial charge in [0.1, 0.15) is 34.6 Å². The molecule has 0 fully saturated rings. The van der Waals surface area contributed by atoms with Crippen LogP contribution in [0.15, 0.2) is 103 Å². The average molecular weight is 455 g/mol. The van der Waals surface area contributed by atoms with Gasteiger partial charge in [-0.15, -0.1) is 0 Å². The van der Waals surface area contributed by atoms with Crippen molar-refractivity contribution < 1.29 is 4.74 Å². The number of nitrogens with zero attached hydrogens (tertiary/aromatic N) is 3. The highest BCUT2D eigenvalue weighted by Gasteiger charge is 2.40. The summed E-state index contributed by atoms with van der Waals surface area (Å²) in [5.41, 5.74) is 3.46. The Morgan fingerprint density at radius 1 is 0.735 bits per heavy atom. The number of hydrogen-bond donors (Lipinski definition) is 0. The lowest BCUT2D eigenvalue weighted by Gasteiger charge is -2.37. The Morgan fingerprint density at radius 2 is 1.21 bits per heavy atom. The third-order valence-corrected chi connectivity index (χ3v) is 5.93. The maximum absolute atomic E-state index is 6.34. The van der Waals surface area contributed by atoms with Crippen molar-refractivity contribution in [2.24, 2.45) is 0 Å². The van der Waals surface area contributed by atoms with Crippen molar-refractivity contribution in [3.63, 3.8) is 0 Å². The molecule has 5 rings (SSSR count). The molecular weight excluding hydrogens is 438 g/mol. The van der Waals surface area contributed by atoms with Gasteiger partial charge in [-0.25, -0.2) is 9.67 Å². The smallest absolute Gasteiger partial charge is 0.171 e. The number of fused-ring (bicyclic) bond motifs is 1. The second-order valence-electron chi connectivity index (χ2n) is 8.00. The molecule has 6 radical (unpaired) electrons. The number of ether oxygens (including phenoxy) is 1. The third kappa shape index (κ3) is 3.90. The highest BCUT2D eigenvalue weighted by atomic mass is 35.5. The Balaban J connectivity index is 1.89. The maximum atomic E-state index is 6.34. The Labute approximate surface area is 207 Å². The minimum atomic E-state index is -1.92. The molecule has 34 heavy (non-hydrogen) atoms. The predicted octanol–water partition coefficient (Wildman–Crippen LogP) is 4.42. The molecule has 0 unspecified atom stereocenters. The van der Waals surface area contributed by atoms with E-state index in [-0.39, 0.29) is 10.9 Å². The van der Waals surface area contributed by atoms with Gasteiger partial charge in [0.05, 0.1) is 11.7 Å². The molecule has 0 amide bonds. The van der Waals surface area contributed by atoms with E-state index in [0.717, 1.165) is 16.7 Å². The van der Waals surface area contributed by atoms with Gasteiger partial charge >= 0.3 is 0 Å². The molecule has 0 aliphatic heterocycles. The SMILES string of the molecule is [B]C([B])([B])Oc1cc2c(cnn2C(c2ccccc2)(c2ccccc2)c2ccccc2)nc1Cl. The van der Waals surface area contributed by atoms with Gasteiger partial charge in [-0.1, -0.05) is 103 Å². The molecule has 0 spiro atoms. The molecule has 5 aromatic rings. The van der Waals surface area contributed by atoms with Gasteiger partial charge in [0.2, 0.25) is 0 Å². The van der Waals surface area contributed by atoms with Crippen LogP contribution >= 0.6 is 11.6 Å². The normalized spacial score (nSPS) is 12.0. The molecule has 2 aromatic heterocycles. The molecular formula is C26H17B3ClN3O. The molecule has 0 bridgehead atoms. The molecule has 0 aliphatic rings. The maximum Gasteiger partial charge on any atom is 0.171 e. The first-order valence-electron chi connectivity index (χ1n) is 10.7. The topological polar surface area (TPSA) is 39.9 Å². The standard InChI is InChI=1S/C26H17B3ClN3O/c27-26(28,29)34-23-16-22-21(32-24(23)30)17-31-33(22)25(18-10-4-1-5-11-18,19-12-6-2-7-13-19)20-14-8-3-9-15-20/h1-17H. The molecule has 0 atom stereocenters. The largest absolute Gasteiger partial charge is 0.513 e. The number of aromatic nitrogens is 3. The summed E-state index contributed by atoms with van der Waals surface area (Å²) in [6.07, 6.45) is 1.68. The Bertz CT molecular complexity index is 1330. The summed E-state index contributed by atoms with van der Waals surface area (Å²) in [5.74, 6) is 0.159. The Morgan fingerprint density at radius 3 is 1.65 bits per heavy atom. The van der Waals surface area contributed by atoms with E-state index in [2.05, 4.69) is 41.4 Å². The number of benzene rings is 3. The second kappa shape index (κ2) is 8.73. The lowest BCUT2D eigenvalue weighted by Crippen LogP contribution is -2.39. The van der Waals surface area contributed by atoms with Gasteiger partial charge in [0, 0.05) is 6.07 Å². The van der Waals surface area contributed by atoms with Crippen LogP contribution in [0.3, 0.4) is 0 Å². The van der Waals surface area contributed by atoms with Crippen LogP contribution in [0.4, 0.5) is 0 Å². The number of halogens is 1. The van der Waals surface area contributed by atoms with Crippen molar-refractivity contribution in [2.45, 2.75) is 10.8 Å². The number of rotatable bonds is 6. The molecule has 0 saturated heterocycles. The fraction of sp³-hybridized carbons (Fsp3) is 0.0769. The third-order valence-electron chi connectivity index (χ3n) is 5.65. The van der Waals surface area contributed by atoms with E-state index in [1.807, 2.05) is 59.3 Å². The first-order chi connectivity index (χ1) is 16.4. The molecule has 158 valence electrons. The van der Waals surface area contributed by atoms with E-state index in [0.29, 0.717) is 11.0 Å². The summed E-state index contributed by atoms with van der Waals surface area (Å²) in [6, 6.07) is 32.2. The molecule has 0 N–H and O–H groups in total. The molecule has 8 heteroatoms. The van der Waals surface area contributed by atoms with Gasteiger partial charge in [-0.2, -0.15) is 5.10 Å². The first kappa shape index (κ1) is 22.4. The van der Waals surface area contributed by atoms with E-state index in [1.165, 1.54) is 0 Å². The minimum absolute atomic E-state index is 0.0857. The van der Waals surface area contributed by atoms with Crippen LogP contribution < -0.4 is 4.74 Å². The second-order valence-corrected chi connectivity index (χ2v) is 8.36. The van der Waals surface area contributed by atoms with Crippen LogP contribution in [-0.2, 0) is 5.54 Å². The average Bonchev–Trinajstić information content (AvgIpc) is 3.24. The summed E-state index contributed by atoms with van der Waals surface area (Å²) in [7, 11) is 17.0. The highest BCUT2D eigenvalue weighted by molar-refractivity contribution is 6.58. The summed E-state index contributed by atoms with van der Waals surface area (Å²) in [6.45, 7) is 0. The summed E-state index contributed by atoms with van der Waals surface area (Å²) in [5, 5.41) is 2.99. The molecule has 4 nitrogen and oxygen atoms in total. The van der Waals surface area contributed by atoms with E-state index in [1.54, 1.807) is 12.3 Å². The Kier molecular flexibility index (Phi) is 5.74. The zero-order valence-electron chi connectivity index (χ0n) is 18.2. The van der Waals surface area contributed by atoms with Crippen molar-refractivity contribution in [1.82, 2.24) is 14.8 Å². The van der Waals surface area contributed by atoms with Crippen molar-refractivity contribution in [3.05, 3.63) is 125 Å². The number of pyridine rings is 1. The number of hydrogen-bond acceptors (Lipinski definition) is 3. The van der Waals surface area contributed by atoms with Crippen LogP contribution in [0.1, 0.15) is 16.7 Å². The van der Waals surface area contributed by atoms with Crippen molar-refractivity contribution in [3.8, 4) is 5.75 Å².